The number of hydrogen-bond acceptors (Lipinski definition) is 3. The van der Waals surface area contributed by atoms with Crippen molar-refractivity contribution in [1.82, 2.24) is 15.1 Å². The fraction of sp³-hybridized carbons (Fsp3) is 0.857. The summed E-state index contributed by atoms with van der Waals surface area (Å²) in [6.45, 7) is 5.93. The Bertz CT molecular complexity index is 355. The molecule has 2 aliphatic heterocycles. The lowest BCUT2D eigenvalue weighted by atomic mass is 9.95. The van der Waals surface area contributed by atoms with Crippen LogP contribution in [0.15, 0.2) is 0 Å². The molecule has 0 aromatic heterocycles. The van der Waals surface area contributed by atoms with Gasteiger partial charge in [-0.3, -0.25) is 4.79 Å². The van der Waals surface area contributed by atoms with E-state index in [1.165, 1.54) is 0 Å². The van der Waals surface area contributed by atoms with Gasteiger partial charge in [0.1, 0.15) is 0 Å². The zero-order valence-electron chi connectivity index (χ0n) is 12.3. The maximum Gasteiger partial charge on any atom is 0.314 e. The van der Waals surface area contributed by atoms with Crippen LogP contribution in [0, 0.1) is 5.92 Å². The summed E-state index contributed by atoms with van der Waals surface area (Å²) in [6, 6.07) is -0.0986. The van der Waals surface area contributed by atoms with Crippen molar-refractivity contribution < 1.29 is 9.59 Å². The Morgan fingerprint density at radius 3 is 2.80 bits per heavy atom. The predicted molar refractivity (Wildman–Crippen MR) is 77.2 cm³/mol. The van der Waals surface area contributed by atoms with Gasteiger partial charge in [0.25, 0.3) is 0 Å². The molecule has 0 spiro atoms. The molecule has 6 nitrogen and oxygen atoms in total. The molecule has 3 N–H and O–H groups in total. The molecular formula is C14H26N4O2. The zero-order valence-corrected chi connectivity index (χ0v) is 12.3. The first-order chi connectivity index (χ1) is 9.63. The van der Waals surface area contributed by atoms with Crippen LogP contribution in [0.2, 0.25) is 0 Å². The molecule has 2 saturated heterocycles. The van der Waals surface area contributed by atoms with E-state index >= 15 is 0 Å². The molecule has 2 atom stereocenters. The summed E-state index contributed by atoms with van der Waals surface area (Å²) in [4.78, 5) is 27.7. The number of nitrogens with two attached hydrogens (primary N) is 1. The van der Waals surface area contributed by atoms with Crippen molar-refractivity contribution in [3.8, 4) is 0 Å². The van der Waals surface area contributed by atoms with E-state index in [2.05, 4.69) is 12.2 Å². The molecule has 2 heterocycles. The second-order valence-corrected chi connectivity index (χ2v) is 5.80. The first-order valence-electron chi connectivity index (χ1n) is 7.69. The number of carbonyl (C=O) groups excluding carboxylic acids is 2. The van der Waals surface area contributed by atoms with Crippen LogP contribution in [0.3, 0.4) is 0 Å². The minimum absolute atomic E-state index is 0.0802. The van der Waals surface area contributed by atoms with Gasteiger partial charge in [-0.05, 0) is 32.2 Å². The van der Waals surface area contributed by atoms with Crippen molar-refractivity contribution in [3.63, 3.8) is 0 Å². The van der Waals surface area contributed by atoms with Crippen molar-refractivity contribution >= 4 is 11.9 Å². The molecule has 114 valence electrons. The zero-order chi connectivity index (χ0) is 14.5. The normalized spacial score (nSPS) is 26.6. The summed E-state index contributed by atoms with van der Waals surface area (Å²) in [5.74, 6) is 0.120. The Hall–Kier alpha value is -1.30. The minimum Gasteiger partial charge on any atom is -0.351 e. The van der Waals surface area contributed by atoms with Gasteiger partial charge in [0.2, 0.25) is 5.91 Å². The van der Waals surface area contributed by atoms with Gasteiger partial charge in [0.15, 0.2) is 0 Å². The third-order valence-electron chi connectivity index (χ3n) is 4.30. The highest BCUT2D eigenvalue weighted by atomic mass is 16.2. The van der Waals surface area contributed by atoms with Crippen LogP contribution in [0.5, 0.6) is 0 Å². The van der Waals surface area contributed by atoms with Crippen LogP contribution in [0.1, 0.15) is 32.6 Å². The van der Waals surface area contributed by atoms with Crippen molar-refractivity contribution in [2.45, 2.75) is 38.6 Å². The number of amides is 3. The quantitative estimate of drug-likeness (QED) is 0.782. The van der Waals surface area contributed by atoms with Gasteiger partial charge in [-0.15, -0.1) is 0 Å². The second-order valence-electron chi connectivity index (χ2n) is 5.80. The maximum absolute atomic E-state index is 12.8. The number of urea groups is 1. The molecule has 20 heavy (non-hydrogen) atoms. The number of nitrogens with zero attached hydrogens (tertiary/aromatic N) is 2. The average Bonchev–Trinajstić information content (AvgIpc) is 2.98. The Labute approximate surface area is 120 Å². The van der Waals surface area contributed by atoms with Gasteiger partial charge >= 0.3 is 6.03 Å². The Balaban J connectivity index is 2.00. The number of hydrogen-bond donors (Lipinski definition) is 2. The van der Waals surface area contributed by atoms with E-state index in [-0.39, 0.29) is 11.8 Å². The van der Waals surface area contributed by atoms with Crippen molar-refractivity contribution in [2.24, 2.45) is 11.7 Å². The van der Waals surface area contributed by atoms with Crippen molar-refractivity contribution in [2.75, 3.05) is 32.7 Å². The fourth-order valence-electron chi connectivity index (χ4n) is 3.23. The first kappa shape index (κ1) is 15.1. The largest absolute Gasteiger partial charge is 0.351 e. The molecule has 3 amide bonds. The highest BCUT2D eigenvalue weighted by Crippen LogP contribution is 2.21. The van der Waals surface area contributed by atoms with Crippen LogP contribution >= 0.6 is 0 Å². The summed E-state index contributed by atoms with van der Waals surface area (Å²) in [7, 11) is 0. The summed E-state index contributed by atoms with van der Waals surface area (Å²) in [5.41, 5.74) is 5.34. The molecule has 0 aromatic rings. The van der Waals surface area contributed by atoms with Crippen LogP contribution < -0.4 is 11.1 Å². The maximum atomic E-state index is 12.8. The van der Waals surface area contributed by atoms with Crippen LogP contribution in [0.25, 0.3) is 0 Å². The molecular weight excluding hydrogens is 256 g/mol. The molecule has 2 unspecified atom stereocenters. The summed E-state index contributed by atoms with van der Waals surface area (Å²) < 4.78 is 0. The molecule has 0 aliphatic carbocycles. The number of nitrogens with one attached hydrogen (secondary N) is 1. The summed E-state index contributed by atoms with van der Waals surface area (Å²) in [5, 5.41) is 3.32. The highest BCUT2D eigenvalue weighted by Gasteiger charge is 2.34. The standard InChI is InChI=1S/C14H26N4O2/c1-2-7-18(12-5-6-16-9-12)13(19)11-4-3-8-17(10-11)14(15)20/h11-12,16H,2-10H2,1H3,(H2,15,20). The predicted octanol–water partition coefficient (Wildman–Crippen LogP) is 0.378. The van der Waals surface area contributed by atoms with Gasteiger partial charge in [0, 0.05) is 32.2 Å². The van der Waals surface area contributed by atoms with Gasteiger partial charge in [-0.1, -0.05) is 6.92 Å². The lowest BCUT2D eigenvalue weighted by Crippen LogP contribution is -2.51. The van der Waals surface area contributed by atoms with Gasteiger partial charge in [-0.25, -0.2) is 4.79 Å². The van der Waals surface area contributed by atoms with Gasteiger partial charge < -0.3 is 20.9 Å². The van der Waals surface area contributed by atoms with Gasteiger partial charge in [0.05, 0.1) is 5.92 Å². The van der Waals surface area contributed by atoms with E-state index < -0.39 is 6.03 Å². The van der Waals surface area contributed by atoms with E-state index in [1.54, 1.807) is 4.90 Å². The lowest BCUT2D eigenvalue weighted by molar-refractivity contribution is -0.139. The second kappa shape index (κ2) is 6.92. The molecule has 2 aliphatic rings. The first-order valence-corrected chi connectivity index (χ1v) is 7.69. The molecule has 2 rings (SSSR count). The van der Waals surface area contributed by atoms with E-state index in [4.69, 9.17) is 5.73 Å². The van der Waals surface area contributed by atoms with E-state index in [1.807, 2.05) is 4.90 Å². The number of piperidine rings is 1. The summed E-state index contributed by atoms with van der Waals surface area (Å²) in [6.07, 6.45) is 3.72. The van der Waals surface area contributed by atoms with Crippen LogP contribution in [-0.2, 0) is 4.79 Å². The minimum atomic E-state index is -0.410. The van der Waals surface area contributed by atoms with Crippen LogP contribution in [-0.4, -0.2) is 60.5 Å². The van der Waals surface area contributed by atoms with E-state index in [9.17, 15) is 9.59 Å². The molecule has 0 radical (unpaired) electrons. The average molecular weight is 282 g/mol. The molecule has 0 saturated carbocycles. The van der Waals surface area contributed by atoms with E-state index in [0.717, 1.165) is 45.3 Å². The fourth-order valence-corrected chi connectivity index (χ4v) is 3.23. The number of likely N-dealkylation sites (tertiary alicyclic amines) is 1. The monoisotopic (exact) mass is 282 g/mol. The Morgan fingerprint density at radius 1 is 1.40 bits per heavy atom. The van der Waals surface area contributed by atoms with E-state index in [0.29, 0.717) is 19.1 Å². The Kier molecular flexibility index (Phi) is 5.23. The van der Waals surface area contributed by atoms with Gasteiger partial charge in [-0.2, -0.15) is 0 Å². The lowest BCUT2D eigenvalue weighted by Gasteiger charge is -2.36. The molecule has 0 bridgehead atoms. The topological polar surface area (TPSA) is 78.7 Å². The number of primary amides is 1. The number of rotatable bonds is 4. The third-order valence-corrected chi connectivity index (χ3v) is 4.30. The third kappa shape index (κ3) is 3.42. The smallest absolute Gasteiger partial charge is 0.314 e. The molecule has 0 aromatic carbocycles. The summed E-state index contributed by atoms with van der Waals surface area (Å²) >= 11 is 0. The SMILES string of the molecule is CCCN(C(=O)C1CCCN(C(N)=O)C1)C1CCNC1. The van der Waals surface area contributed by atoms with Crippen molar-refractivity contribution in [1.29, 1.82) is 0 Å². The highest BCUT2D eigenvalue weighted by molar-refractivity contribution is 5.81. The Morgan fingerprint density at radius 2 is 2.20 bits per heavy atom. The molecule has 6 heteroatoms. The van der Waals surface area contributed by atoms with Crippen molar-refractivity contribution in [3.05, 3.63) is 0 Å². The molecule has 2 fully saturated rings. The van der Waals surface area contributed by atoms with Crippen LogP contribution in [0.4, 0.5) is 4.79 Å². The number of carbonyl (C=O) groups is 2.